The molecule has 4 heteroatoms. The number of benzene rings is 7. The number of para-hydroxylation sites is 4. The Bertz CT molecular complexity index is 3410. The van der Waals surface area contributed by atoms with Gasteiger partial charge in [-0.2, -0.15) is 0 Å². The Labute approximate surface area is 347 Å². The van der Waals surface area contributed by atoms with E-state index in [1.807, 2.05) is 68.1 Å². The normalized spacial score (nSPS) is 18.2. The van der Waals surface area contributed by atoms with Crippen molar-refractivity contribution in [2.24, 2.45) is 0 Å². The van der Waals surface area contributed by atoms with Gasteiger partial charge >= 0.3 is 0 Å². The van der Waals surface area contributed by atoms with E-state index in [2.05, 4.69) is 20.8 Å². The highest BCUT2D eigenvalue weighted by atomic mass is 15.2. The van der Waals surface area contributed by atoms with E-state index in [9.17, 15) is 11.0 Å². The average molecular weight is 719 g/mol. The van der Waals surface area contributed by atoms with Crippen LogP contribution < -0.4 is 31.1 Å². The summed E-state index contributed by atoms with van der Waals surface area (Å²) in [6.45, 7) is 11.1. The zero-order valence-electron chi connectivity index (χ0n) is 49.6. The predicted molar refractivity (Wildman–Crippen MR) is 233 cm³/mol. The minimum atomic E-state index is -1.10. The molecule has 0 aliphatic carbocycles. The predicted octanol–water partition coefficient (Wildman–Crippen LogP) is 11.8. The first-order valence-corrected chi connectivity index (χ1v) is 17.6. The summed E-state index contributed by atoms with van der Waals surface area (Å²) in [6, 6.07) is 1.94. The minimum Gasteiger partial charge on any atom is -0.311 e. The lowest BCUT2D eigenvalue weighted by Crippen LogP contribution is -2.61. The number of fused-ring (bicyclic) bond motifs is 4. The molecule has 0 bridgehead atoms. The van der Waals surface area contributed by atoms with Gasteiger partial charge in [0.15, 0.2) is 0 Å². The second-order valence-corrected chi connectivity index (χ2v) is 15.3. The molecular weight excluding hydrogens is 653 g/mol. The zero-order chi connectivity index (χ0) is 53.7. The molecule has 0 unspecified atom stereocenters. The molecule has 2 aliphatic rings. The molecule has 2 heterocycles. The van der Waals surface area contributed by atoms with E-state index >= 15 is 0 Å². The van der Waals surface area contributed by atoms with Gasteiger partial charge in [0.25, 0.3) is 6.71 Å². The number of nitrogens with zero attached hydrogens (tertiary/aromatic N) is 3. The van der Waals surface area contributed by atoms with Crippen LogP contribution >= 0.6 is 0 Å². The molecule has 54 heavy (non-hydrogen) atoms. The van der Waals surface area contributed by atoms with Gasteiger partial charge in [0.2, 0.25) is 0 Å². The number of hydrogen-bond acceptors (Lipinski definition) is 3. The largest absolute Gasteiger partial charge is 0.311 e. The molecule has 0 amide bonds. The van der Waals surface area contributed by atoms with E-state index in [1.54, 1.807) is 0 Å². The molecule has 2 aliphatic heterocycles. The van der Waals surface area contributed by atoms with Gasteiger partial charge in [-0.25, -0.2) is 0 Å². The Kier molecular flexibility index (Phi) is 4.48. The summed E-state index contributed by atoms with van der Waals surface area (Å²) in [5, 5.41) is 0. The van der Waals surface area contributed by atoms with E-state index in [0.29, 0.717) is 16.8 Å². The van der Waals surface area contributed by atoms with Crippen LogP contribution in [0.1, 0.15) is 78.7 Å². The van der Waals surface area contributed by atoms with Crippen molar-refractivity contribution >= 4 is 74.3 Å². The van der Waals surface area contributed by atoms with Gasteiger partial charge in [-0.15, -0.1) is 0 Å². The number of anilines is 9. The van der Waals surface area contributed by atoms with Crippen LogP contribution in [0.4, 0.5) is 51.2 Å². The van der Waals surface area contributed by atoms with Gasteiger partial charge in [0.1, 0.15) is 0 Å². The maximum Gasteiger partial charge on any atom is 0.252 e. The SMILES string of the molecule is [2H]c1c([2H])c([2H])c(N(c2cc3c4c(c2)N(c2c([2H])c([2H])c([2H])c([2H])c2[2H])c2c([2H])c([2H])c([2H])c([2H])c2B4c2cc(C(C)(C)C)ccc2N3c2ccc(C(C)(C)C)cc2)c2c([2H])c([2H])c([2H])c([2H])c2[2H])c([2H])c1[2H]. The molecule has 264 valence electrons. The highest BCUT2D eigenvalue weighted by Crippen LogP contribution is 2.48. The molecule has 9 rings (SSSR count). The van der Waals surface area contributed by atoms with E-state index in [-0.39, 0.29) is 39.1 Å². The van der Waals surface area contributed by atoms with Gasteiger partial charge < -0.3 is 14.7 Å². The van der Waals surface area contributed by atoms with Crippen molar-refractivity contribution in [2.75, 3.05) is 14.7 Å². The van der Waals surface area contributed by atoms with Crippen LogP contribution in [0.15, 0.2) is 169 Å². The summed E-state index contributed by atoms with van der Waals surface area (Å²) in [4.78, 5) is 3.97. The molecule has 7 aromatic carbocycles. The van der Waals surface area contributed by atoms with E-state index in [4.69, 9.17) is 15.1 Å². The van der Waals surface area contributed by atoms with E-state index < -0.39 is 144 Å². The van der Waals surface area contributed by atoms with Gasteiger partial charge in [-0.1, -0.05) is 138 Å². The van der Waals surface area contributed by atoms with Crippen molar-refractivity contribution in [2.45, 2.75) is 52.4 Å². The topological polar surface area (TPSA) is 9.72 Å². The van der Waals surface area contributed by atoms with Crippen LogP contribution in [0.5, 0.6) is 0 Å². The third kappa shape index (κ3) is 5.69. The van der Waals surface area contributed by atoms with Gasteiger partial charge in [0.05, 0.1) is 31.7 Å². The first-order valence-electron chi connectivity index (χ1n) is 27.1. The van der Waals surface area contributed by atoms with Crippen LogP contribution in [0.2, 0.25) is 0 Å². The minimum absolute atomic E-state index is 0.00226. The Balaban J connectivity index is 1.58. The van der Waals surface area contributed by atoms with E-state index in [0.717, 1.165) is 20.9 Å². The molecule has 0 N–H and O–H groups in total. The van der Waals surface area contributed by atoms with Crippen molar-refractivity contribution in [3.63, 3.8) is 0 Å². The third-order valence-electron chi connectivity index (χ3n) is 9.93. The summed E-state index contributed by atoms with van der Waals surface area (Å²) in [6.07, 6.45) is 0. The zero-order valence-corrected chi connectivity index (χ0v) is 30.6. The molecule has 7 aromatic rings. The molecule has 3 nitrogen and oxygen atoms in total. The van der Waals surface area contributed by atoms with Crippen molar-refractivity contribution in [3.05, 3.63) is 181 Å². The summed E-state index contributed by atoms with van der Waals surface area (Å²) in [7, 11) is 0. The molecule has 0 fully saturated rings. The monoisotopic (exact) mass is 718 g/mol. The van der Waals surface area contributed by atoms with E-state index in [1.165, 1.54) is 12.1 Å². The highest BCUT2D eigenvalue weighted by molar-refractivity contribution is 7.00. The molecule has 0 radical (unpaired) electrons. The van der Waals surface area contributed by atoms with Crippen molar-refractivity contribution in [1.29, 1.82) is 0 Å². The molecule has 0 saturated carbocycles. The fraction of sp³-hybridized carbons (Fsp3) is 0.160. The molecule has 0 aromatic heterocycles. The fourth-order valence-corrected chi connectivity index (χ4v) is 7.32. The fourth-order valence-electron chi connectivity index (χ4n) is 7.32. The summed E-state index contributed by atoms with van der Waals surface area (Å²) in [5.74, 6) is 0. The van der Waals surface area contributed by atoms with Crippen LogP contribution in [0.3, 0.4) is 0 Å². The quantitative estimate of drug-likeness (QED) is 0.164. The average Bonchev–Trinajstić information content (AvgIpc) is 3.35. The molecule has 0 spiro atoms. The van der Waals surface area contributed by atoms with Crippen LogP contribution in [-0.2, 0) is 10.8 Å². The summed E-state index contributed by atoms with van der Waals surface area (Å²) >= 11 is 0. The van der Waals surface area contributed by atoms with Gasteiger partial charge in [-0.3, -0.25) is 0 Å². The third-order valence-corrected chi connectivity index (χ3v) is 9.93. The number of rotatable bonds is 5. The van der Waals surface area contributed by atoms with Gasteiger partial charge in [-0.05, 0) is 111 Å². The smallest absolute Gasteiger partial charge is 0.252 e. The van der Waals surface area contributed by atoms with Crippen molar-refractivity contribution in [3.8, 4) is 0 Å². The molecule has 0 saturated heterocycles. The second-order valence-electron chi connectivity index (χ2n) is 15.3. The maximum atomic E-state index is 9.70. The molecule has 0 atom stereocenters. The van der Waals surface area contributed by atoms with Crippen molar-refractivity contribution in [1.82, 2.24) is 0 Å². The lowest BCUT2D eigenvalue weighted by atomic mass is 9.33. The first kappa shape index (κ1) is 18.9. The Morgan fingerprint density at radius 1 is 0.444 bits per heavy atom. The lowest BCUT2D eigenvalue weighted by Gasteiger charge is -2.45. The Hall–Kier alpha value is -6.00. The number of hydrogen-bond donors (Lipinski definition) is 0. The van der Waals surface area contributed by atoms with Crippen LogP contribution in [0.25, 0.3) is 0 Å². The highest BCUT2D eigenvalue weighted by Gasteiger charge is 2.44. The van der Waals surface area contributed by atoms with Crippen LogP contribution in [-0.4, -0.2) is 6.71 Å². The first-order chi connectivity index (χ1) is 33.9. The van der Waals surface area contributed by atoms with Gasteiger partial charge in [0, 0.05) is 45.5 Å². The Morgan fingerprint density at radius 3 is 1.52 bits per heavy atom. The summed E-state index contributed by atoms with van der Waals surface area (Å²) in [5.41, 5.74) is 0.835. The maximum absolute atomic E-state index is 9.70. The van der Waals surface area contributed by atoms with Crippen LogP contribution in [0, 0.1) is 0 Å². The second kappa shape index (κ2) is 12.8. The lowest BCUT2D eigenvalue weighted by molar-refractivity contribution is 0.590. The van der Waals surface area contributed by atoms with Crippen molar-refractivity contribution < 1.29 is 26.0 Å². The Morgan fingerprint density at radius 2 is 0.944 bits per heavy atom. The summed E-state index contributed by atoms with van der Waals surface area (Å²) < 4.78 is 172. The standard InChI is InChI=1S/C50H46BN3/c1-49(2,3)35-26-29-40(30-27-35)54-45-31-28-36(50(4,5)6)32-43(45)51-42-24-16-17-25-44(42)53(39-22-14-9-15-23-39)46-33-41(34-47(54)48(46)51)52(37-18-10-7-11-19-37)38-20-12-8-13-21-38/h7-34H,1-6H3/i7D,8D,9D,10D,11D,12D,13D,14D,15D,16D,17D,18D,19D,20D,21D,22D,23D,24D,25D. The molecular formula is C50H46BN3.